The first kappa shape index (κ1) is 16.9. The zero-order valence-electron chi connectivity index (χ0n) is 8.18. The van der Waals surface area contributed by atoms with Gasteiger partial charge in [-0.1, -0.05) is 0 Å². The van der Waals surface area contributed by atoms with E-state index in [2.05, 4.69) is 4.89 Å². The summed E-state index contributed by atoms with van der Waals surface area (Å²) in [5.74, 6) is -0.0544. The highest BCUT2D eigenvalue weighted by Gasteiger charge is 2.31. The van der Waals surface area contributed by atoms with Crippen LogP contribution in [0.2, 0.25) is 0 Å². The maximum absolute atomic E-state index is 11.8. The van der Waals surface area contributed by atoms with Crippen LogP contribution in [-0.2, 0) is 23.0 Å². The summed E-state index contributed by atoms with van der Waals surface area (Å²) >= 11 is 16.1. The molecule has 0 rings (SSSR count). The standard InChI is InChI=1S/C6H12Cl3O6P/c7-1-3-12-16(11,13-4-2-8)15-6(5-9)14-10/h6,10H,1-5H2. The molecule has 0 saturated carbocycles. The van der Waals surface area contributed by atoms with E-state index in [-0.39, 0.29) is 30.9 Å². The van der Waals surface area contributed by atoms with Crippen LogP contribution in [0, 0.1) is 0 Å². The largest absolute Gasteiger partial charge is 0.477 e. The SMILES string of the molecule is O=P(OCCCl)(OCCCl)OC(CCl)OO. The fourth-order valence-corrected chi connectivity index (χ4v) is 2.41. The number of alkyl halides is 3. The van der Waals surface area contributed by atoms with Crippen molar-refractivity contribution in [3.8, 4) is 0 Å². The summed E-state index contributed by atoms with van der Waals surface area (Å²) in [5.41, 5.74) is 0. The van der Waals surface area contributed by atoms with Crippen LogP contribution >= 0.6 is 42.6 Å². The van der Waals surface area contributed by atoms with E-state index in [1.807, 2.05) is 0 Å². The van der Waals surface area contributed by atoms with Crippen molar-refractivity contribution in [1.29, 1.82) is 0 Å². The first-order chi connectivity index (χ1) is 7.61. The van der Waals surface area contributed by atoms with Crippen LogP contribution in [0.5, 0.6) is 0 Å². The lowest BCUT2D eigenvalue weighted by Gasteiger charge is -2.20. The molecule has 0 spiro atoms. The van der Waals surface area contributed by atoms with Crippen molar-refractivity contribution in [2.45, 2.75) is 6.29 Å². The lowest BCUT2D eigenvalue weighted by molar-refractivity contribution is -0.321. The lowest BCUT2D eigenvalue weighted by atomic mass is 10.8. The Morgan fingerprint density at radius 3 is 1.94 bits per heavy atom. The normalized spacial score (nSPS) is 14.0. The minimum atomic E-state index is -3.88. The van der Waals surface area contributed by atoms with Gasteiger partial charge in [-0.2, -0.15) is 0 Å². The first-order valence-electron chi connectivity index (χ1n) is 4.17. The van der Waals surface area contributed by atoms with Gasteiger partial charge in [-0.3, -0.25) is 13.6 Å². The molecule has 0 saturated heterocycles. The van der Waals surface area contributed by atoms with Gasteiger partial charge in [-0.25, -0.2) is 14.7 Å². The molecule has 0 aliphatic rings. The molecule has 0 aromatic carbocycles. The van der Waals surface area contributed by atoms with E-state index < -0.39 is 14.1 Å². The Balaban J connectivity index is 4.32. The molecule has 0 bridgehead atoms. The molecule has 0 aromatic heterocycles. The fourth-order valence-electron chi connectivity index (χ4n) is 0.610. The van der Waals surface area contributed by atoms with Crippen molar-refractivity contribution in [2.75, 3.05) is 30.9 Å². The second kappa shape index (κ2) is 9.88. The third-order valence-electron chi connectivity index (χ3n) is 1.14. The van der Waals surface area contributed by atoms with Gasteiger partial charge in [0.15, 0.2) is 0 Å². The van der Waals surface area contributed by atoms with Crippen molar-refractivity contribution in [1.82, 2.24) is 0 Å². The van der Waals surface area contributed by atoms with Gasteiger partial charge in [0, 0.05) is 11.8 Å². The molecule has 0 fully saturated rings. The van der Waals surface area contributed by atoms with E-state index in [1.165, 1.54) is 0 Å². The predicted octanol–water partition coefficient (Wildman–Crippen LogP) is 2.68. The number of hydrogen-bond donors (Lipinski definition) is 1. The van der Waals surface area contributed by atoms with Crippen molar-refractivity contribution in [3.05, 3.63) is 0 Å². The van der Waals surface area contributed by atoms with Gasteiger partial charge in [-0.15, -0.1) is 34.8 Å². The van der Waals surface area contributed by atoms with Crippen LogP contribution < -0.4 is 0 Å². The Labute approximate surface area is 108 Å². The van der Waals surface area contributed by atoms with E-state index in [1.54, 1.807) is 0 Å². The number of phosphoric acid groups is 1. The molecule has 1 atom stereocenters. The third-order valence-corrected chi connectivity index (χ3v) is 3.19. The molecule has 16 heavy (non-hydrogen) atoms. The maximum atomic E-state index is 11.8. The lowest BCUT2D eigenvalue weighted by Crippen LogP contribution is -2.18. The molecule has 1 N–H and O–H groups in total. The first-order valence-corrected chi connectivity index (χ1v) is 7.24. The van der Waals surface area contributed by atoms with E-state index in [0.717, 1.165) is 0 Å². The summed E-state index contributed by atoms with van der Waals surface area (Å²) < 4.78 is 26.1. The molecule has 0 heterocycles. The molecule has 0 aliphatic heterocycles. The molecular weight excluding hydrogens is 305 g/mol. The molecule has 0 aliphatic carbocycles. The Bertz CT molecular complexity index is 202. The second-order valence-corrected chi connectivity index (χ2v) is 4.97. The van der Waals surface area contributed by atoms with E-state index in [0.29, 0.717) is 0 Å². The van der Waals surface area contributed by atoms with Gasteiger partial charge in [0.25, 0.3) is 0 Å². The number of phosphoric ester groups is 1. The zero-order valence-corrected chi connectivity index (χ0v) is 11.3. The molecule has 10 heteroatoms. The molecule has 6 nitrogen and oxygen atoms in total. The highest BCUT2D eigenvalue weighted by atomic mass is 35.5. The molecule has 1 unspecified atom stereocenters. The van der Waals surface area contributed by atoms with Gasteiger partial charge in [0.1, 0.15) is 0 Å². The van der Waals surface area contributed by atoms with Gasteiger partial charge >= 0.3 is 7.82 Å². The summed E-state index contributed by atoms with van der Waals surface area (Å²) in [6, 6.07) is 0. The fraction of sp³-hybridized carbons (Fsp3) is 1.00. The van der Waals surface area contributed by atoms with Crippen molar-refractivity contribution in [3.63, 3.8) is 0 Å². The predicted molar refractivity (Wildman–Crippen MR) is 60.3 cm³/mol. The zero-order chi connectivity index (χ0) is 12.4. The number of rotatable bonds is 10. The van der Waals surface area contributed by atoms with Crippen molar-refractivity contribution in [2.24, 2.45) is 0 Å². The summed E-state index contributed by atoms with van der Waals surface area (Å²) in [4.78, 5) is 3.80. The van der Waals surface area contributed by atoms with Crippen molar-refractivity contribution < 1.29 is 28.3 Å². The van der Waals surface area contributed by atoms with Gasteiger partial charge in [-0.05, 0) is 0 Å². The molecule has 0 amide bonds. The Hall–Kier alpha value is 0.900. The van der Waals surface area contributed by atoms with E-state index in [4.69, 9.17) is 53.6 Å². The Morgan fingerprint density at radius 1 is 1.12 bits per heavy atom. The average molecular weight is 317 g/mol. The van der Waals surface area contributed by atoms with Crippen LogP contribution in [-0.4, -0.2) is 42.4 Å². The average Bonchev–Trinajstić information content (AvgIpc) is 2.31. The van der Waals surface area contributed by atoms with Crippen LogP contribution in [0.4, 0.5) is 0 Å². The van der Waals surface area contributed by atoms with Crippen LogP contribution in [0.1, 0.15) is 0 Å². The Kier molecular flexibility index (Phi) is 10.4. The second-order valence-electron chi connectivity index (χ2n) is 2.29. The summed E-state index contributed by atoms with van der Waals surface area (Å²) in [7, 11) is -3.88. The number of hydrogen-bond acceptors (Lipinski definition) is 6. The summed E-state index contributed by atoms with van der Waals surface area (Å²) in [5, 5.41) is 8.35. The van der Waals surface area contributed by atoms with Crippen LogP contribution in [0.25, 0.3) is 0 Å². The smallest absolute Gasteiger partial charge is 0.286 e. The monoisotopic (exact) mass is 316 g/mol. The van der Waals surface area contributed by atoms with Gasteiger partial charge in [0.05, 0.1) is 19.1 Å². The Morgan fingerprint density at radius 2 is 1.62 bits per heavy atom. The highest BCUT2D eigenvalue weighted by molar-refractivity contribution is 7.48. The quantitative estimate of drug-likeness (QED) is 0.219. The van der Waals surface area contributed by atoms with Gasteiger partial charge in [0.2, 0.25) is 6.29 Å². The number of halogens is 3. The van der Waals surface area contributed by atoms with Gasteiger partial charge < -0.3 is 0 Å². The maximum Gasteiger partial charge on any atom is 0.477 e. The summed E-state index contributed by atoms with van der Waals surface area (Å²) in [6.45, 7) is -0.108. The van der Waals surface area contributed by atoms with Crippen molar-refractivity contribution >= 4 is 42.6 Å². The van der Waals surface area contributed by atoms with E-state index in [9.17, 15) is 4.57 Å². The molecule has 0 radical (unpaired) electrons. The molecular formula is C6H12Cl3O6P. The minimum Gasteiger partial charge on any atom is -0.286 e. The topological polar surface area (TPSA) is 74.2 Å². The van der Waals surface area contributed by atoms with E-state index >= 15 is 0 Å². The molecule has 0 aromatic rings. The van der Waals surface area contributed by atoms with Crippen LogP contribution in [0.3, 0.4) is 0 Å². The summed E-state index contributed by atoms with van der Waals surface area (Å²) in [6.07, 6.45) is -1.32. The third kappa shape index (κ3) is 7.27. The van der Waals surface area contributed by atoms with Crippen LogP contribution in [0.15, 0.2) is 0 Å². The highest BCUT2D eigenvalue weighted by Crippen LogP contribution is 2.50. The molecule has 98 valence electrons. The minimum absolute atomic E-state index is 0.0540.